The number of benzene rings is 1. The Bertz CT molecular complexity index is 547. The summed E-state index contributed by atoms with van der Waals surface area (Å²) in [5.41, 5.74) is 8.91. The first kappa shape index (κ1) is 13.6. The fraction of sp³-hybridized carbons (Fsp3) is 0.400. The Morgan fingerprint density at radius 1 is 1.37 bits per heavy atom. The van der Waals surface area contributed by atoms with Crippen molar-refractivity contribution in [2.75, 3.05) is 0 Å². The average molecular weight is 260 g/mol. The molecule has 19 heavy (non-hydrogen) atoms. The second-order valence-corrected chi connectivity index (χ2v) is 4.96. The highest BCUT2D eigenvalue weighted by Crippen LogP contribution is 2.25. The van der Waals surface area contributed by atoms with E-state index < -0.39 is 0 Å². The van der Waals surface area contributed by atoms with Gasteiger partial charge in [0.05, 0.1) is 0 Å². The van der Waals surface area contributed by atoms with Crippen molar-refractivity contribution in [3.63, 3.8) is 0 Å². The number of nitrogens with two attached hydrogens (primary N) is 1. The molecule has 1 atom stereocenters. The van der Waals surface area contributed by atoms with Crippen LogP contribution in [0.25, 0.3) is 0 Å². The summed E-state index contributed by atoms with van der Waals surface area (Å²) < 4.78 is 10.9. The monoisotopic (exact) mass is 260 g/mol. The lowest BCUT2D eigenvalue weighted by atomic mass is 10.0. The second kappa shape index (κ2) is 5.89. The van der Waals surface area contributed by atoms with Gasteiger partial charge in [-0.05, 0) is 38.3 Å². The molecule has 0 saturated heterocycles. The fourth-order valence-corrected chi connectivity index (χ4v) is 2.06. The van der Waals surface area contributed by atoms with Gasteiger partial charge < -0.3 is 15.0 Å². The smallest absolute Gasteiger partial charge is 0.134 e. The van der Waals surface area contributed by atoms with Gasteiger partial charge in [0, 0.05) is 12.1 Å². The Balaban J connectivity index is 2.14. The lowest BCUT2D eigenvalue weighted by Gasteiger charge is -2.14. The number of rotatable bonds is 5. The van der Waals surface area contributed by atoms with E-state index in [0.717, 1.165) is 34.8 Å². The first-order valence-electron chi connectivity index (χ1n) is 6.45. The molecule has 1 aromatic heterocycles. The van der Waals surface area contributed by atoms with Gasteiger partial charge >= 0.3 is 0 Å². The Labute approximate surface area is 113 Å². The number of ether oxygens (including phenoxy) is 1. The number of nitrogens with zero attached hydrogens (tertiary/aromatic N) is 1. The molecule has 0 aliphatic rings. The van der Waals surface area contributed by atoms with E-state index in [4.69, 9.17) is 15.0 Å². The van der Waals surface area contributed by atoms with Crippen LogP contribution in [0.5, 0.6) is 5.75 Å². The topological polar surface area (TPSA) is 61.3 Å². The normalized spacial score (nSPS) is 12.4. The molecule has 4 heteroatoms. The van der Waals surface area contributed by atoms with Crippen molar-refractivity contribution < 1.29 is 9.26 Å². The minimum Gasteiger partial charge on any atom is -0.487 e. The van der Waals surface area contributed by atoms with Crippen LogP contribution < -0.4 is 10.5 Å². The molecule has 0 aliphatic heterocycles. The van der Waals surface area contributed by atoms with Gasteiger partial charge in [0.1, 0.15) is 23.8 Å². The molecule has 0 fully saturated rings. The highest BCUT2D eigenvalue weighted by molar-refractivity contribution is 5.41. The summed E-state index contributed by atoms with van der Waals surface area (Å²) in [5, 5.41) is 3.93. The molecule has 1 heterocycles. The molecule has 1 unspecified atom stereocenters. The van der Waals surface area contributed by atoms with E-state index in [-0.39, 0.29) is 6.04 Å². The van der Waals surface area contributed by atoms with Crippen LogP contribution in [0.2, 0.25) is 0 Å². The van der Waals surface area contributed by atoms with Gasteiger partial charge in [-0.2, -0.15) is 0 Å². The van der Waals surface area contributed by atoms with Gasteiger partial charge in [-0.1, -0.05) is 23.4 Å². The zero-order valence-electron chi connectivity index (χ0n) is 11.6. The molecule has 0 spiro atoms. The molecule has 0 amide bonds. The summed E-state index contributed by atoms with van der Waals surface area (Å²) in [6, 6.07) is 8.11. The van der Waals surface area contributed by atoms with Crippen LogP contribution in [0, 0.1) is 13.8 Å². The summed E-state index contributed by atoms with van der Waals surface area (Å²) in [5.74, 6) is 1.69. The first-order valence-corrected chi connectivity index (χ1v) is 6.45. The largest absolute Gasteiger partial charge is 0.487 e. The maximum absolute atomic E-state index is 5.89. The number of hydrogen-bond acceptors (Lipinski definition) is 4. The number of aryl methyl sites for hydroxylation is 2. The minimum atomic E-state index is 0.110. The van der Waals surface area contributed by atoms with Gasteiger partial charge in [-0.15, -0.1) is 0 Å². The maximum atomic E-state index is 5.89. The van der Waals surface area contributed by atoms with Crippen LogP contribution >= 0.6 is 0 Å². The summed E-state index contributed by atoms with van der Waals surface area (Å²) >= 11 is 0. The number of hydrogen-bond donors (Lipinski definition) is 1. The van der Waals surface area contributed by atoms with E-state index in [1.54, 1.807) is 0 Å². The Morgan fingerprint density at radius 2 is 2.16 bits per heavy atom. The van der Waals surface area contributed by atoms with E-state index >= 15 is 0 Å². The van der Waals surface area contributed by atoms with E-state index in [9.17, 15) is 0 Å². The quantitative estimate of drug-likeness (QED) is 0.898. The molecule has 2 aromatic rings. The number of aromatic nitrogens is 1. The van der Waals surface area contributed by atoms with Crippen LogP contribution in [-0.2, 0) is 13.0 Å². The zero-order valence-corrected chi connectivity index (χ0v) is 11.6. The molecule has 2 rings (SSSR count). The maximum Gasteiger partial charge on any atom is 0.134 e. The van der Waals surface area contributed by atoms with Gasteiger partial charge in [0.15, 0.2) is 0 Å². The van der Waals surface area contributed by atoms with Gasteiger partial charge in [0.25, 0.3) is 0 Å². The highest BCUT2D eigenvalue weighted by Gasteiger charge is 2.10. The summed E-state index contributed by atoms with van der Waals surface area (Å²) in [7, 11) is 0. The molecule has 4 nitrogen and oxygen atoms in total. The van der Waals surface area contributed by atoms with Crippen molar-refractivity contribution in [3.8, 4) is 5.75 Å². The Morgan fingerprint density at radius 3 is 2.79 bits per heavy atom. The van der Waals surface area contributed by atoms with E-state index in [0.29, 0.717) is 6.61 Å². The fourth-order valence-electron chi connectivity index (χ4n) is 2.06. The lowest BCUT2D eigenvalue weighted by Crippen LogP contribution is -2.18. The number of para-hydroxylation sites is 1. The Hall–Kier alpha value is -1.81. The summed E-state index contributed by atoms with van der Waals surface area (Å²) in [6.45, 7) is 6.31. The van der Waals surface area contributed by atoms with Crippen LogP contribution in [0.4, 0.5) is 0 Å². The third-order valence-corrected chi connectivity index (χ3v) is 2.88. The van der Waals surface area contributed by atoms with Crippen molar-refractivity contribution in [1.29, 1.82) is 0 Å². The first-order chi connectivity index (χ1) is 9.06. The van der Waals surface area contributed by atoms with Gasteiger partial charge in [-0.3, -0.25) is 0 Å². The minimum absolute atomic E-state index is 0.110. The standard InChI is InChI=1S/C15H20N2O2/c1-10-5-4-6-13(7-11(2)16)15(10)18-9-14-8-12(3)19-17-14/h4-6,8,11H,7,9,16H2,1-3H3. The third kappa shape index (κ3) is 3.58. The van der Waals surface area contributed by atoms with Gasteiger partial charge in [-0.25, -0.2) is 0 Å². The van der Waals surface area contributed by atoms with Crippen molar-refractivity contribution in [1.82, 2.24) is 5.16 Å². The van der Waals surface area contributed by atoms with Crippen molar-refractivity contribution in [2.45, 2.75) is 39.8 Å². The van der Waals surface area contributed by atoms with E-state index in [1.807, 2.05) is 39.0 Å². The predicted octanol–water partition coefficient (Wildman–Crippen LogP) is 2.76. The van der Waals surface area contributed by atoms with Crippen molar-refractivity contribution in [3.05, 3.63) is 46.8 Å². The molecule has 0 aliphatic carbocycles. The van der Waals surface area contributed by atoms with Crippen molar-refractivity contribution in [2.24, 2.45) is 5.73 Å². The van der Waals surface area contributed by atoms with Gasteiger partial charge in [0.2, 0.25) is 0 Å². The van der Waals surface area contributed by atoms with Crippen LogP contribution in [0.15, 0.2) is 28.8 Å². The highest BCUT2D eigenvalue weighted by atomic mass is 16.5. The molecule has 0 saturated carbocycles. The Kier molecular flexibility index (Phi) is 4.22. The second-order valence-electron chi connectivity index (χ2n) is 4.96. The average Bonchev–Trinajstić information content (AvgIpc) is 2.73. The van der Waals surface area contributed by atoms with E-state index in [1.165, 1.54) is 0 Å². The summed E-state index contributed by atoms with van der Waals surface area (Å²) in [6.07, 6.45) is 0.800. The van der Waals surface area contributed by atoms with Crippen LogP contribution in [0.1, 0.15) is 29.5 Å². The SMILES string of the molecule is Cc1cc(COc2c(C)cccc2CC(C)N)no1. The zero-order chi connectivity index (χ0) is 13.8. The molecule has 0 radical (unpaired) electrons. The van der Waals surface area contributed by atoms with Crippen LogP contribution in [-0.4, -0.2) is 11.2 Å². The third-order valence-electron chi connectivity index (χ3n) is 2.88. The molecule has 2 N–H and O–H groups in total. The van der Waals surface area contributed by atoms with Crippen LogP contribution in [0.3, 0.4) is 0 Å². The molecular formula is C15H20N2O2. The summed E-state index contributed by atoms with van der Waals surface area (Å²) in [4.78, 5) is 0. The molecule has 0 bridgehead atoms. The van der Waals surface area contributed by atoms with Crippen molar-refractivity contribution >= 4 is 0 Å². The van der Waals surface area contributed by atoms with E-state index in [2.05, 4.69) is 11.2 Å². The molecule has 102 valence electrons. The molecule has 1 aromatic carbocycles. The lowest BCUT2D eigenvalue weighted by molar-refractivity contribution is 0.283. The molecular weight excluding hydrogens is 240 g/mol. The predicted molar refractivity (Wildman–Crippen MR) is 74.1 cm³/mol.